The van der Waals surface area contributed by atoms with Gasteiger partial charge in [-0.3, -0.25) is 4.79 Å². The summed E-state index contributed by atoms with van der Waals surface area (Å²) >= 11 is 0. The number of carbonyl (C=O) groups excluding carboxylic acids is 1. The predicted molar refractivity (Wildman–Crippen MR) is 57.4 cm³/mol. The van der Waals surface area contributed by atoms with E-state index in [-0.39, 0.29) is 11.4 Å². The van der Waals surface area contributed by atoms with Crippen LogP contribution in [0.1, 0.15) is 32.1 Å². The molecule has 1 aliphatic carbocycles. The molecular weight excluding hydrogens is 194 g/mol. The summed E-state index contributed by atoms with van der Waals surface area (Å²) in [6, 6.07) is 0. The van der Waals surface area contributed by atoms with Crippen LogP contribution in [0.4, 0.5) is 0 Å². The summed E-state index contributed by atoms with van der Waals surface area (Å²) in [4.78, 5) is 11.8. The molecular formula is C11H21NO3. The second-order valence-electron chi connectivity index (χ2n) is 4.17. The van der Waals surface area contributed by atoms with Crippen molar-refractivity contribution in [2.24, 2.45) is 11.1 Å². The van der Waals surface area contributed by atoms with Crippen LogP contribution in [0.3, 0.4) is 0 Å². The lowest BCUT2D eigenvalue weighted by Crippen LogP contribution is -2.37. The number of rotatable bonds is 6. The van der Waals surface area contributed by atoms with Crippen molar-refractivity contribution in [1.82, 2.24) is 0 Å². The standard InChI is InChI=1S/C11H21NO3/c1-14-7-4-8-15-10(13)11(9-12)5-2-3-6-11/h2-9,12H2,1H3. The first-order chi connectivity index (χ1) is 7.25. The van der Waals surface area contributed by atoms with E-state index in [1.807, 2.05) is 0 Å². The highest BCUT2D eigenvalue weighted by atomic mass is 16.5. The Morgan fingerprint density at radius 1 is 1.33 bits per heavy atom. The largest absolute Gasteiger partial charge is 0.465 e. The first-order valence-electron chi connectivity index (χ1n) is 5.61. The zero-order valence-electron chi connectivity index (χ0n) is 9.46. The molecule has 4 heteroatoms. The lowest BCUT2D eigenvalue weighted by Gasteiger charge is -2.24. The third-order valence-corrected chi connectivity index (χ3v) is 3.11. The van der Waals surface area contributed by atoms with Gasteiger partial charge in [-0.15, -0.1) is 0 Å². The van der Waals surface area contributed by atoms with Crippen LogP contribution in [0.15, 0.2) is 0 Å². The van der Waals surface area contributed by atoms with Crippen molar-refractivity contribution in [3.05, 3.63) is 0 Å². The molecule has 4 nitrogen and oxygen atoms in total. The minimum atomic E-state index is -0.382. The Morgan fingerprint density at radius 3 is 2.53 bits per heavy atom. The number of carbonyl (C=O) groups is 1. The van der Waals surface area contributed by atoms with Gasteiger partial charge < -0.3 is 15.2 Å². The average molecular weight is 215 g/mol. The molecule has 0 aromatic rings. The lowest BCUT2D eigenvalue weighted by molar-refractivity contribution is -0.155. The van der Waals surface area contributed by atoms with Crippen molar-refractivity contribution in [3.63, 3.8) is 0 Å². The molecule has 1 saturated carbocycles. The van der Waals surface area contributed by atoms with Gasteiger partial charge in [-0.1, -0.05) is 12.8 Å². The molecule has 0 saturated heterocycles. The molecule has 1 fully saturated rings. The van der Waals surface area contributed by atoms with Gasteiger partial charge in [-0.2, -0.15) is 0 Å². The van der Waals surface area contributed by atoms with Gasteiger partial charge in [0.2, 0.25) is 0 Å². The molecule has 0 aromatic carbocycles. The Labute approximate surface area is 91.1 Å². The smallest absolute Gasteiger partial charge is 0.313 e. The van der Waals surface area contributed by atoms with Gasteiger partial charge in [-0.25, -0.2) is 0 Å². The Balaban J connectivity index is 2.31. The highest BCUT2D eigenvalue weighted by Gasteiger charge is 2.41. The topological polar surface area (TPSA) is 61.5 Å². The van der Waals surface area contributed by atoms with Crippen molar-refractivity contribution < 1.29 is 14.3 Å². The van der Waals surface area contributed by atoms with Crippen LogP contribution in [0, 0.1) is 5.41 Å². The molecule has 0 heterocycles. The van der Waals surface area contributed by atoms with Gasteiger partial charge in [0.15, 0.2) is 0 Å². The van der Waals surface area contributed by atoms with Crippen molar-refractivity contribution in [2.45, 2.75) is 32.1 Å². The molecule has 0 bridgehead atoms. The second-order valence-corrected chi connectivity index (χ2v) is 4.17. The van der Waals surface area contributed by atoms with Gasteiger partial charge in [-0.05, 0) is 12.8 Å². The van der Waals surface area contributed by atoms with E-state index in [2.05, 4.69) is 0 Å². The summed E-state index contributed by atoms with van der Waals surface area (Å²) in [6.45, 7) is 1.48. The minimum Gasteiger partial charge on any atom is -0.465 e. The van der Waals surface area contributed by atoms with Crippen LogP contribution in [0.25, 0.3) is 0 Å². The molecule has 0 atom stereocenters. The van der Waals surface area contributed by atoms with E-state index >= 15 is 0 Å². The van der Waals surface area contributed by atoms with Gasteiger partial charge in [0, 0.05) is 26.7 Å². The Morgan fingerprint density at radius 2 is 2.00 bits per heavy atom. The van der Waals surface area contributed by atoms with Gasteiger partial charge in [0.05, 0.1) is 12.0 Å². The normalized spacial score (nSPS) is 19.1. The van der Waals surface area contributed by atoms with Crippen LogP contribution >= 0.6 is 0 Å². The maximum atomic E-state index is 11.8. The van der Waals surface area contributed by atoms with E-state index in [4.69, 9.17) is 15.2 Å². The number of esters is 1. The molecule has 0 amide bonds. The SMILES string of the molecule is COCCCOC(=O)C1(CN)CCCC1. The first kappa shape index (κ1) is 12.5. The lowest BCUT2D eigenvalue weighted by atomic mass is 9.86. The highest BCUT2D eigenvalue weighted by molar-refractivity contribution is 5.77. The van der Waals surface area contributed by atoms with Gasteiger partial charge in [0.1, 0.15) is 0 Å². The number of methoxy groups -OCH3 is 1. The Kier molecular flexibility index (Phi) is 5.05. The van der Waals surface area contributed by atoms with Gasteiger partial charge >= 0.3 is 5.97 Å². The molecule has 0 aromatic heterocycles. The molecule has 2 N–H and O–H groups in total. The van der Waals surface area contributed by atoms with Crippen LogP contribution in [0.5, 0.6) is 0 Å². The Hall–Kier alpha value is -0.610. The molecule has 0 spiro atoms. The average Bonchev–Trinajstić information content (AvgIpc) is 2.74. The van der Waals surface area contributed by atoms with E-state index in [9.17, 15) is 4.79 Å². The van der Waals surface area contributed by atoms with Crippen molar-refractivity contribution >= 4 is 5.97 Å². The molecule has 0 radical (unpaired) electrons. The number of hydrogen-bond donors (Lipinski definition) is 1. The summed E-state index contributed by atoms with van der Waals surface area (Å²) in [5, 5.41) is 0. The van der Waals surface area contributed by atoms with Crippen LogP contribution < -0.4 is 5.73 Å². The molecule has 0 aliphatic heterocycles. The second kappa shape index (κ2) is 6.08. The molecule has 1 aliphatic rings. The zero-order chi connectivity index (χ0) is 11.1. The minimum absolute atomic E-state index is 0.112. The maximum absolute atomic E-state index is 11.8. The fourth-order valence-corrected chi connectivity index (χ4v) is 2.06. The van der Waals surface area contributed by atoms with E-state index in [0.29, 0.717) is 19.8 Å². The van der Waals surface area contributed by atoms with E-state index in [1.54, 1.807) is 7.11 Å². The van der Waals surface area contributed by atoms with Crippen molar-refractivity contribution in [2.75, 3.05) is 26.9 Å². The summed E-state index contributed by atoms with van der Waals surface area (Å²) < 4.78 is 10.1. The van der Waals surface area contributed by atoms with Gasteiger partial charge in [0.25, 0.3) is 0 Å². The van der Waals surface area contributed by atoms with E-state index in [0.717, 1.165) is 32.1 Å². The summed E-state index contributed by atoms with van der Waals surface area (Å²) in [5.74, 6) is -0.112. The zero-order valence-corrected chi connectivity index (χ0v) is 9.46. The predicted octanol–water partition coefficient (Wildman–Crippen LogP) is 1.09. The summed E-state index contributed by atoms with van der Waals surface area (Å²) in [7, 11) is 1.64. The van der Waals surface area contributed by atoms with Crippen LogP contribution in [-0.2, 0) is 14.3 Å². The Bertz CT molecular complexity index is 200. The van der Waals surface area contributed by atoms with Crippen LogP contribution in [-0.4, -0.2) is 32.8 Å². The molecule has 0 unspecified atom stereocenters. The summed E-state index contributed by atoms with van der Waals surface area (Å²) in [5.41, 5.74) is 5.29. The number of hydrogen-bond acceptors (Lipinski definition) is 4. The fourth-order valence-electron chi connectivity index (χ4n) is 2.06. The van der Waals surface area contributed by atoms with E-state index < -0.39 is 0 Å². The van der Waals surface area contributed by atoms with Crippen molar-refractivity contribution in [3.8, 4) is 0 Å². The third kappa shape index (κ3) is 3.18. The quantitative estimate of drug-likeness (QED) is 0.532. The maximum Gasteiger partial charge on any atom is 0.313 e. The van der Waals surface area contributed by atoms with E-state index in [1.165, 1.54) is 0 Å². The summed E-state index contributed by atoms with van der Waals surface area (Å²) in [6.07, 6.45) is 4.69. The first-order valence-corrected chi connectivity index (χ1v) is 5.61. The molecule has 15 heavy (non-hydrogen) atoms. The highest BCUT2D eigenvalue weighted by Crippen LogP contribution is 2.38. The monoisotopic (exact) mass is 215 g/mol. The molecule has 1 rings (SSSR count). The molecule has 88 valence electrons. The number of ether oxygens (including phenoxy) is 2. The third-order valence-electron chi connectivity index (χ3n) is 3.11. The fraction of sp³-hybridized carbons (Fsp3) is 0.909. The number of nitrogens with two attached hydrogens (primary N) is 1. The van der Waals surface area contributed by atoms with Crippen LogP contribution in [0.2, 0.25) is 0 Å². The van der Waals surface area contributed by atoms with Crippen molar-refractivity contribution in [1.29, 1.82) is 0 Å².